The number of fused-ring (bicyclic) bond motifs is 1. The lowest BCUT2D eigenvalue weighted by atomic mass is 9.70. The molecule has 4 nitrogen and oxygen atoms in total. The zero-order valence-corrected chi connectivity index (χ0v) is 12.8. The second kappa shape index (κ2) is 4.47. The first kappa shape index (κ1) is 12.9. The minimum Gasteiger partial charge on any atom is -0.328 e. The van der Waals surface area contributed by atoms with Crippen LogP contribution in [0.15, 0.2) is 0 Å². The molecule has 1 saturated carbocycles. The summed E-state index contributed by atoms with van der Waals surface area (Å²) >= 11 is 5.52. The standard InChI is InChI=1S/C14H22N4S/c1-4-6-10-11-12(17(3)16-10)18(13(19)15-11)9-14(2)7-5-8-14/h4-9H2,1-3H3,(H,15,19). The highest BCUT2D eigenvalue weighted by molar-refractivity contribution is 7.71. The first-order valence-corrected chi connectivity index (χ1v) is 7.59. The first-order chi connectivity index (χ1) is 9.04. The molecular weight excluding hydrogens is 256 g/mol. The van der Waals surface area contributed by atoms with E-state index in [-0.39, 0.29) is 0 Å². The molecule has 2 aromatic rings. The Morgan fingerprint density at radius 1 is 1.42 bits per heavy atom. The van der Waals surface area contributed by atoms with Gasteiger partial charge in [0.2, 0.25) is 0 Å². The summed E-state index contributed by atoms with van der Waals surface area (Å²) in [6.45, 7) is 5.55. The van der Waals surface area contributed by atoms with Crippen LogP contribution in [0, 0.1) is 10.2 Å². The van der Waals surface area contributed by atoms with Crippen LogP contribution in [0.3, 0.4) is 0 Å². The molecule has 0 unspecified atom stereocenters. The lowest BCUT2D eigenvalue weighted by Crippen LogP contribution is -2.31. The van der Waals surface area contributed by atoms with Crippen molar-refractivity contribution in [3.05, 3.63) is 10.5 Å². The third kappa shape index (κ3) is 2.04. The highest BCUT2D eigenvalue weighted by Gasteiger charge is 2.33. The molecular formula is C14H22N4S. The quantitative estimate of drug-likeness (QED) is 0.868. The first-order valence-electron chi connectivity index (χ1n) is 7.18. The maximum absolute atomic E-state index is 5.52. The summed E-state index contributed by atoms with van der Waals surface area (Å²) in [6, 6.07) is 0. The highest BCUT2D eigenvalue weighted by atomic mass is 32.1. The fourth-order valence-electron chi connectivity index (χ4n) is 3.16. The van der Waals surface area contributed by atoms with Gasteiger partial charge in [-0.3, -0.25) is 4.68 Å². The molecule has 19 heavy (non-hydrogen) atoms. The Morgan fingerprint density at radius 3 is 2.74 bits per heavy atom. The van der Waals surface area contributed by atoms with E-state index in [0.717, 1.165) is 41.0 Å². The van der Waals surface area contributed by atoms with Crippen LogP contribution in [-0.4, -0.2) is 19.3 Å². The molecule has 5 heteroatoms. The number of hydrogen-bond donors (Lipinski definition) is 1. The molecule has 0 amide bonds. The lowest BCUT2D eigenvalue weighted by molar-refractivity contribution is 0.133. The molecule has 2 heterocycles. The Morgan fingerprint density at radius 2 is 2.16 bits per heavy atom. The number of rotatable bonds is 4. The topological polar surface area (TPSA) is 38.5 Å². The summed E-state index contributed by atoms with van der Waals surface area (Å²) in [5.74, 6) is 0. The SMILES string of the molecule is CCCc1nn(C)c2c1[nH]c(=S)n2CC1(C)CCC1. The van der Waals surface area contributed by atoms with E-state index in [1.165, 1.54) is 19.3 Å². The molecule has 3 rings (SSSR count). The zero-order chi connectivity index (χ0) is 13.6. The van der Waals surface area contributed by atoms with Gasteiger partial charge in [-0.05, 0) is 36.9 Å². The van der Waals surface area contributed by atoms with Crippen LogP contribution in [-0.2, 0) is 20.0 Å². The molecule has 104 valence electrons. The van der Waals surface area contributed by atoms with Crippen molar-refractivity contribution in [2.45, 2.75) is 52.5 Å². The minimum atomic E-state index is 0.419. The molecule has 0 spiro atoms. The predicted octanol–water partition coefficient (Wildman–Crippen LogP) is 3.58. The van der Waals surface area contributed by atoms with Crippen LogP contribution >= 0.6 is 12.2 Å². The Balaban J connectivity index is 2.08. The fraction of sp³-hybridized carbons (Fsp3) is 0.714. The molecule has 2 aromatic heterocycles. The lowest BCUT2D eigenvalue weighted by Gasteiger charge is -2.38. The van der Waals surface area contributed by atoms with Gasteiger partial charge in [0, 0.05) is 13.6 Å². The van der Waals surface area contributed by atoms with E-state index in [0.29, 0.717) is 5.41 Å². The van der Waals surface area contributed by atoms with E-state index in [1.807, 2.05) is 11.7 Å². The molecule has 1 fully saturated rings. The van der Waals surface area contributed by atoms with Gasteiger partial charge in [-0.15, -0.1) is 0 Å². The van der Waals surface area contributed by atoms with Gasteiger partial charge in [-0.1, -0.05) is 26.7 Å². The van der Waals surface area contributed by atoms with E-state index >= 15 is 0 Å². The summed E-state index contributed by atoms with van der Waals surface area (Å²) in [5.41, 5.74) is 3.85. The second-order valence-corrected chi connectivity index (χ2v) is 6.59. The summed E-state index contributed by atoms with van der Waals surface area (Å²) < 4.78 is 5.07. The molecule has 0 radical (unpaired) electrons. The van der Waals surface area contributed by atoms with Crippen LogP contribution < -0.4 is 0 Å². The van der Waals surface area contributed by atoms with Crippen molar-refractivity contribution in [2.75, 3.05) is 0 Å². The van der Waals surface area contributed by atoms with Crippen molar-refractivity contribution in [2.24, 2.45) is 12.5 Å². The van der Waals surface area contributed by atoms with Gasteiger partial charge < -0.3 is 9.55 Å². The molecule has 0 aliphatic heterocycles. The number of aryl methyl sites for hydroxylation is 2. The van der Waals surface area contributed by atoms with Crippen molar-refractivity contribution in [1.82, 2.24) is 19.3 Å². The van der Waals surface area contributed by atoms with Crippen molar-refractivity contribution in [3.63, 3.8) is 0 Å². The van der Waals surface area contributed by atoms with Gasteiger partial charge in [0.05, 0.1) is 5.69 Å². The van der Waals surface area contributed by atoms with E-state index in [2.05, 4.69) is 28.5 Å². The normalized spacial score (nSPS) is 17.8. The predicted molar refractivity (Wildman–Crippen MR) is 79.8 cm³/mol. The van der Waals surface area contributed by atoms with Crippen molar-refractivity contribution in [3.8, 4) is 0 Å². The van der Waals surface area contributed by atoms with Crippen LogP contribution in [0.5, 0.6) is 0 Å². The fourth-order valence-corrected chi connectivity index (χ4v) is 3.41. The summed E-state index contributed by atoms with van der Waals surface area (Å²) in [6.07, 6.45) is 6.07. The Labute approximate surface area is 118 Å². The monoisotopic (exact) mass is 278 g/mol. The number of aromatic amines is 1. The van der Waals surface area contributed by atoms with Gasteiger partial charge in [0.25, 0.3) is 0 Å². The van der Waals surface area contributed by atoms with Crippen LogP contribution in [0.1, 0.15) is 45.2 Å². The summed E-state index contributed by atoms with van der Waals surface area (Å²) in [5, 5.41) is 4.63. The number of nitrogens with zero attached hydrogens (tertiary/aromatic N) is 3. The average Bonchev–Trinajstić information content (AvgIpc) is 2.78. The summed E-state index contributed by atoms with van der Waals surface area (Å²) in [7, 11) is 2.02. The van der Waals surface area contributed by atoms with Crippen LogP contribution in [0.2, 0.25) is 0 Å². The minimum absolute atomic E-state index is 0.419. The number of nitrogens with one attached hydrogen (secondary N) is 1. The molecule has 0 saturated heterocycles. The Hall–Kier alpha value is -1.10. The van der Waals surface area contributed by atoms with Gasteiger partial charge in [-0.25, -0.2) is 0 Å². The number of hydrogen-bond acceptors (Lipinski definition) is 2. The Bertz CT molecular complexity index is 657. The highest BCUT2D eigenvalue weighted by Crippen LogP contribution is 2.42. The average molecular weight is 278 g/mol. The zero-order valence-electron chi connectivity index (χ0n) is 12.0. The third-order valence-corrected chi connectivity index (χ3v) is 4.73. The largest absolute Gasteiger partial charge is 0.328 e. The van der Waals surface area contributed by atoms with Gasteiger partial charge in [0.1, 0.15) is 5.52 Å². The van der Waals surface area contributed by atoms with Crippen molar-refractivity contribution >= 4 is 23.4 Å². The van der Waals surface area contributed by atoms with Crippen LogP contribution in [0.25, 0.3) is 11.2 Å². The van der Waals surface area contributed by atoms with Crippen molar-refractivity contribution in [1.29, 1.82) is 0 Å². The molecule has 1 aliphatic rings. The smallest absolute Gasteiger partial charge is 0.179 e. The maximum Gasteiger partial charge on any atom is 0.179 e. The third-order valence-electron chi connectivity index (χ3n) is 4.41. The summed E-state index contributed by atoms with van der Waals surface area (Å²) in [4.78, 5) is 3.37. The molecule has 0 atom stereocenters. The molecule has 0 bridgehead atoms. The number of H-pyrrole nitrogens is 1. The van der Waals surface area contributed by atoms with Crippen molar-refractivity contribution < 1.29 is 0 Å². The van der Waals surface area contributed by atoms with E-state index in [4.69, 9.17) is 12.2 Å². The van der Waals surface area contributed by atoms with E-state index < -0.39 is 0 Å². The maximum atomic E-state index is 5.52. The number of imidazole rings is 1. The van der Waals surface area contributed by atoms with Gasteiger partial charge >= 0.3 is 0 Å². The van der Waals surface area contributed by atoms with E-state index in [9.17, 15) is 0 Å². The molecule has 1 N–H and O–H groups in total. The number of aromatic nitrogens is 4. The van der Waals surface area contributed by atoms with E-state index in [1.54, 1.807) is 0 Å². The van der Waals surface area contributed by atoms with Gasteiger partial charge in [0.15, 0.2) is 10.4 Å². The Kier molecular flexibility index (Phi) is 3.04. The van der Waals surface area contributed by atoms with Crippen LogP contribution in [0.4, 0.5) is 0 Å². The van der Waals surface area contributed by atoms with Gasteiger partial charge in [-0.2, -0.15) is 5.10 Å². The molecule has 1 aliphatic carbocycles. The molecule has 0 aromatic carbocycles. The second-order valence-electron chi connectivity index (χ2n) is 6.20.